The second kappa shape index (κ2) is 3.86. The second-order valence-electron chi connectivity index (χ2n) is 2.42. The molecule has 0 fully saturated rings. The topological polar surface area (TPSA) is 0 Å². The van der Waals surface area contributed by atoms with Gasteiger partial charge in [0.05, 0.1) is 6.67 Å². The van der Waals surface area contributed by atoms with Gasteiger partial charge in [-0.15, -0.1) is 0 Å². The van der Waals surface area contributed by atoms with Crippen LogP contribution in [0, 0.1) is 5.92 Å². The Kier molecular flexibility index (Phi) is 3.06. The van der Waals surface area contributed by atoms with E-state index in [0.29, 0.717) is 0 Å². The summed E-state index contributed by atoms with van der Waals surface area (Å²) >= 11 is 3.32. The largest absolute Gasteiger partial charge is 0.250 e. The van der Waals surface area contributed by atoms with Gasteiger partial charge in [0.25, 0.3) is 0 Å². The summed E-state index contributed by atoms with van der Waals surface area (Å²) in [5.41, 5.74) is 0.960. The lowest BCUT2D eigenvalue weighted by Crippen LogP contribution is -1.95. The molecule has 0 saturated carbocycles. The van der Waals surface area contributed by atoms with E-state index in [1.807, 2.05) is 24.3 Å². The molecule has 0 bridgehead atoms. The van der Waals surface area contributed by atoms with E-state index in [1.54, 1.807) is 6.92 Å². The highest BCUT2D eigenvalue weighted by molar-refractivity contribution is 9.10. The van der Waals surface area contributed by atoms with Crippen molar-refractivity contribution < 1.29 is 4.39 Å². The fourth-order valence-electron chi connectivity index (χ4n) is 0.831. The molecule has 0 saturated heterocycles. The van der Waals surface area contributed by atoms with Gasteiger partial charge in [-0.25, -0.2) is 0 Å². The molecule has 2 heteroatoms. The highest BCUT2D eigenvalue weighted by Gasteiger charge is 2.04. The van der Waals surface area contributed by atoms with Crippen molar-refractivity contribution in [3.8, 4) is 0 Å². The number of alkyl halides is 1. The van der Waals surface area contributed by atoms with Gasteiger partial charge in [-0.1, -0.05) is 35.0 Å². The molecule has 0 aliphatic carbocycles. The molecule has 1 aromatic carbocycles. The summed E-state index contributed by atoms with van der Waals surface area (Å²) in [6.07, 6.45) is 0. The Hall–Kier alpha value is -0.370. The van der Waals surface area contributed by atoms with E-state index in [9.17, 15) is 4.39 Å². The predicted octanol–water partition coefficient (Wildman–Crippen LogP) is 3.36. The third-order valence-electron chi connectivity index (χ3n) is 1.52. The lowest BCUT2D eigenvalue weighted by atomic mass is 10.0. The lowest BCUT2D eigenvalue weighted by Gasteiger charge is -2.05. The van der Waals surface area contributed by atoms with Gasteiger partial charge in [-0.2, -0.15) is 0 Å². The van der Waals surface area contributed by atoms with Crippen LogP contribution < -0.4 is 0 Å². The molecule has 11 heavy (non-hydrogen) atoms. The van der Waals surface area contributed by atoms with Crippen LogP contribution in [0.3, 0.4) is 0 Å². The third kappa shape index (κ3) is 2.29. The maximum atomic E-state index is 12.2. The number of rotatable bonds is 2. The molecule has 0 unspecified atom stereocenters. The molecule has 0 amide bonds. The van der Waals surface area contributed by atoms with Gasteiger partial charge in [0.1, 0.15) is 0 Å². The zero-order valence-corrected chi connectivity index (χ0v) is 7.86. The van der Waals surface area contributed by atoms with Crippen LogP contribution in [0.5, 0.6) is 0 Å². The van der Waals surface area contributed by atoms with Gasteiger partial charge in [0.15, 0.2) is 0 Å². The summed E-state index contributed by atoms with van der Waals surface area (Å²) in [4.78, 5) is 0. The van der Waals surface area contributed by atoms with E-state index >= 15 is 0 Å². The molecule has 1 radical (unpaired) electrons. The van der Waals surface area contributed by atoms with Crippen LogP contribution in [-0.2, 0) is 0 Å². The Balaban J connectivity index is 2.86. The van der Waals surface area contributed by atoms with Crippen molar-refractivity contribution in [1.29, 1.82) is 0 Å². The second-order valence-corrected chi connectivity index (χ2v) is 3.34. The predicted molar refractivity (Wildman–Crippen MR) is 48.1 cm³/mol. The fourth-order valence-corrected chi connectivity index (χ4v) is 1.23. The quantitative estimate of drug-likeness (QED) is 0.710. The first-order valence-electron chi connectivity index (χ1n) is 3.38. The van der Waals surface area contributed by atoms with E-state index in [-0.39, 0.29) is 6.67 Å². The Morgan fingerprint density at radius 1 is 1.55 bits per heavy atom. The van der Waals surface area contributed by atoms with Crippen LogP contribution in [0.15, 0.2) is 28.7 Å². The minimum absolute atomic E-state index is 0.379. The molecule has 59 valence electrons. The first kappa shape index (κ1) is 8.72. The summed E-state index contributed by atoms with van der Waals surface area (Å²) in [5, 5.41) is 0. The molecule has 0 aliphatic rings. The average molecular weight is 216 g/mol. The Labute approximate surface area is 74.6 Å². The van der Waals surface area contributed by atoms with E-state index in [4.69, 9.17) is 0 Å². The normalized spacial score (nSPS) is 10.5. The van der Waals surface area contributed by atoms with E-state index < -0.39 is 0 Å². The van der Waals surface area contributed by atoms with Gasteiger partial charge >= 0.3 is 0 Å². The van der Waals surface area contributed by atoms with Crippen LogP contribution >= 0.6 is 15.9 Å². The van der Waals surface area contributed by atoms with E-state index in [0.717, 1.165) is 16.0 Å². The van der Waals surface area contributed by atoms with Crippen molar-refractivity contribution in [2.75, 3.05) is 6.67 Å². The van der Waals surface area contributed by atoms with E-state index in [1.165, 1.54) is 0 Å². The lowest BCUT2D eigenvalue weighted by molar-refractivity contribution is 0.516. The van der Waals surface area contributed by atoms with Gasteiger partial charge in [0.2, 0.25) is 0 Å². The molecular formula is C9H9BrF. The molecule has 0 aromatic heterocycles. The number of hydrogen-bond acceptors (Lipinski definition) is 0. The number of benzene rings is 1. The first-order valence-corrected chi connectivity index (χ1v) is 4.17. The maximum Gasteiger partial charge on any atom is 0.0997 e. The highest BCUT2D eigenvalue weighted by atomic mass is 79.9. The van der Waals surface area contributed by atoms with Crippen molar-refractivity contribution in [2.24, 2.45) is 0 Å². The summed E-state index contributed by atoms with van der Waals surface area (Å²) in [6, 6.07) is 7.64. The molecule has 0 N–H and O–H groups in total. The zero-order chi connectivity index (χ0) is 8.27. The summed E-state index contributed by atoms with van der Waals surface area (Å²) < 4.78 is 13.1. The maximum absolute atomic E-state index is 12.2. The monoisotopic (exact) mass is 215 g/mol. The van der Waals surface area contributed by atoms with Crippen LogP contribution in [0.25, 0.3) is 0 Å². The zero-order valence-electron chi connectivity index (χ0n) is 6.27. The van der Waals surface area contributed by atoms with Crippen molar-refractivity contribution in [2.45, 2.75) is 6.92 Å². The summed E-state index contributed by atoms with van der Waals surface area (Å²) in [6.45, 7) is 1.41. The molecule has 0 nitrogen and oxygen atoms in total. The van der Waals surface area contributed by atoms with Crippen molar-refractivity contribution in [3.63, 3.8) is 0 Å². The third-order valence-corrected chi connectivity index (χ3v) is 2.01. The van der Waals surface area contributed by atoms with Crippen molar-refractivity contribution in [3.05, 3.63) is 40.2 Å². The molecule has 0 spiro atoms. The van der Waals surface area contributed by atoms with Gasteiger partial charge < -0.3 is 0 Å². The van der Waals surface area contributed by atoms with Gasteiger partial charge in [-0.3, -0.25) is 4.39 Å². The van der Waals surface area contributed by atoms with E-state index in [2.05, 4.69) is 15.9 Å². The molecule has 1 rings (SSSR count). The minimum atomic E-state index is -0.379. The van der Waals surface area contributed by atoms with Crippen molar-refractivity contribution >= 4 is 15.9 Å². The fraction of sp³-hybridized carbons (Fsp3) is 0.222. The highest BCUT2D eigenvalue weighted by Crippen LogP contribution is 2.18. The Bertz CT molecular complexity index is 235. The number of hydrogen-bond donors (Lipinski definition) is 0. The Morgan fingerprint density at radius 3 is 2.82 bits per heavy atom. The molecule has 0 atom stereocenters. The molecule has 0 heterocycles. The summed E-state index contributed by atoms with van der Waals surface area (Å²) in [5.74, 6) is 0.770. The minimum Gasteiger partial charge on any atom is -0.250 e. The first-order chi connectivity index (χ1) is 5.24. The van der Waals surface area contributed by atoms with Gasteiger partial charge in [0, 0.05) is 10.4 Å². The van der Waals surface area contributed by atoms with Gasteiger partial charge in [-0.05, 0) is 17.7 Å². The standard InChI is InChI=1S/C9H9BrF/c1-7(6-11)8-3-2-4-9(10)5-8/h2-5H,6H2,1H3. The molecular weight excluding hydrogens is 207 g/mol. The van der Waals surface area contributed by atoms with Crippen LogP contribution in [0.1, 0.15) is 12.5 Å². The molecule has 0 aliphatic heterocycles. The van der Waals surface area contributed by atoms with Crippen LogP contribution in [-0.4, -0.2) is 6.67 Å². The number of halogens is 2. The Morgan fingerprint density at radius 2 is 2.27 bits per heavy atom. The van der Waals surface area contributed by atoms with Crippen molar-refractivity contribution in [1.82, 2.24) is 0 Å². The van der Waals surface area contributed by atoms with Crippen LogP contribution in [0.2, 0.25) is 0 Å². The van der Waals surface area contributed by atoms with Crippen LogP contribution in [0.4, 0.5) is 4.39 Å². The molecule has 1 aromatic rings. The summed E-state index contributed by atoms with van der Waals surface area (Å²) in [7, 11) is 0. The smallest absolute Gasteiger partial charge is 0.0997 e. The average Bonchev–Trinajstić information content (AvgIpc) is 2.03. The SMILES string of the molecule is C[C](CF)c1cccc(Br)c1.